The molecule has 7 nitrogen and oxygen atoms in total. The molecule has 112 valence electrons. The minimum atomic E-state index is -1.35. The summed E-state index contributed by atoms with van der Waals surface area (Å²) >= 11 is 0. The Labute approximate surface area is 117 Å². The average Bonchev–Trinajstić information content (AvgIpc) is 2.64. The average molecular weight is 284 g/mol. The molecule has 20 heavy (non-hydrogen) atoms. The highest BCUT2D eigenvalue weighted by molar-refractivity contribution is 5.83. The Morgan fingerprint density at radius 3 is 2.25 bits per heavy atom. The van der Waals surface area contributed by atoms with Crippen LogP contribution < -0.4 is 10.6 Å². The van der Waals surface area contributed by atoms with Crippen molar-refractivity contribution in [3.8, 4) is 0 Å². The summed E-state index contributed by atoms with van der Waals surface area (Å²) in [7, 11) is 0. The molecule has 0 saturated heterocycles. The van der Waals surface area contributed by atoms with Crippen LogP contribution in [0.3, 0.4) is 0 Å². The third-order valence-corrected chi connectivity index (χ3v) is 2.93. The van der Waals surface area contributed by atoms with Gasteiger partial charge in [-0.05, 0) is 33.8 Å². The molecule has 1 aromatic rings. The van der Waals surface area contributed by atoms with Gasteiger partial charge in [-0.3, -0.25) is 0 Å². The minimum absolute atomic E-state index is 0.337. The van der Waals surface area contributed by atoms with Gasteiger partial charge in [0.05, 0.1) is 12.1 Å². The van der Waals surface area contributed by atoms with Crippen LogP contribution in [0, 0.1) is 13.8 Å². The zero-order valence-electron chi connectivity index (χ0n) is 11.9. The van der Waals surface area contributed by atoms with E-state index in [1.807, 2.05) is 6.07 Å². The third kappa shape index (κ3) is 3.99. The fraction of sp³-hybridized carbons (Fsp3) is 0.538. The summed E-state index contributed by atoms with van der Waals surface area (Å²) in [4.78, 5) is 22.6. The standard InChI is InChI=1S/C13H20N2O5/c1-6-5-10(9(4)20-6)7(2)14-13(19)15-11(8(3)16)12(17)18/h5,7-8,11,16H,1-4H3,(H,17,18)(H2,14,15,19). The van der Waals surface area contributed by atoms with Crippen molar-refractivity contribution in [3.63, 3.8) is 0 Å². The number of rotatable bonds is 5. The van der Waals surface area contributed by atoms with Gasteiger partial charge in [-0.2, -0.15) is 0 Å². The fourth-order valence-corrected chi connectivity index (χ4v) is 1.93. The Morgan fingerprint density at radius 1 is 1.25 bits per heavy atom. The molecule has 1 aromatic heterocycles. The SMILES string of the molecule is Cc1cc(C(C)NC(=O)NC(C(=O)O)C(C)O)c(C)o1. The first-order valence-corrected chi connectivity index (χ1v) is 6.27. The zero-order chi connectivity index (χ0) is 15.4. The van der Waals surface area contributed by atoms with Crippen LogP contribution in [0.15, 0.2) is 10.5 Å². The molecule has 0 aliphatic rings. The lowest BCUT2D eigenvalue weighted by atomic mass is 10.1. The zero-order valence-corrected chi connectivity index (χ0v) is 11.9. The van der Waals surface area contributed by atoms with E-state index < -0.39 is 24.1 Å². The molecule has 0 aliphatic heterocycles. The maximum atomic E-state index is 11.7. The van der Waals surface area contributed by atoms with Crippen molar-refractivity contribution in [2.45, 2.75) is 45.9 Å². The lowest BCUT2D eigenvalue weighted by Gasteiger charge is -2.19. The van der Waals surface area contributed by atoms with E-state index in [-0.39, 0.29) is 6.04 Å². The van der Waals surface area contributed by atoms with E-state index in [0.717, 1.165) is 11.3 Å². The van der Waals surface area contributed by atoms with E-state index in [2.05, 4.69) is 10.6 Å². The monoisotopic (exact) mass is 284 g/mol. The maximum Gasteiger partial charge on any atom is 0.328 e. The highest BCUT2D eigenvalue weighted by Gasteiger charge is 2.25. The molecule has 0 fully saturated rings. The van der Waals surface area contributed by atoms with Crippen molar-refractivity contribution in [2.75, 3.05) is 0 Å². The van der Waals surface area contributed by atoms with E-state index in [0.29, 0.717) is 5.76 Å². The van der Waals surface area contributed by atoms with Crippen molar-refractivity contribution in [1.82, 2.24) is 10.6 Å². The Kier molecular flexibility index (Phi) is 5.15. The lowest BCUT2D eigenvalue weighted by Crippen LogP contribution is -2.51. The summed E-state index contributed by atoms with van der Waals surface area (Å²) in [5.41, 5.74) is 0.821. The molecule has 0 aromatic carbocycles. The van der Waals surface area contributed by atoms with Crippen LogP contribution in [0.4, 0.5) is 4.79 Å². The quantitative estimate of drug-likeness (QED) is 0.646. The highest BCUT2D eigenvalue weighted by atomic mass is 16.4. The Morgan fingerprint density at radius 2 is 1.85 bits per heavy atom. The largest absolute Gasteiger partial charge is 0.480 e. The molecule has 0 bridgehead atoms. The second kappa shape index (κ2) is 6.42. The molecule has 0 saturated carbocycles. The van der Waals surface area contributed by atoms with Crippen molar-refractivity contribution in [1.29, 1.82) is 0 Å². The van der Waals surface area contributed by atoms with Gasteiger partial charge in [0.1, 0.15) is 11.5 Å². The number of carbonyl (C=O) groups excluding carboxylic acids is 1. The molecule has 0 aliphatic carbocycles. The van der Waals surface area contributed by atoms with Gasteiger partial charge in [-0.1, -0.05) is 0 Å². The smallest absolute Gasteiger partial charge is 0.328 e. The van der Waals surface area contributed by atoms with Gasteiger partial charge >= 0.3 is 12.0 Å². The van der Waals surface area contributed by atoms with E-state index in [9.17, 15) is 14.7 Å². The number of carboxylic acids is 1. The summed E-state index contributed by atoms with van der Waals surface area (Å²) in [5.74, 6) is 0.137. The van der Waals surface area contributed by atoms with Crippen LogP contribution in [-0.2, 0) is 4.79 Å². The number of aryl methyl sites for hydroxylation is 2. The predicted octanol–water partition coefficient (Wildman–Crippen LogP) is 1.09. The summed E-state index contributed by atoms with van der Waals surface area (Å²) in [6.45, 7) is 6.65. The molecule has 3 unspecified atom stereocenters. The first kappa shape index (κ1) is 16.0. The number of nitrogens with one attached hydrogen (secondary N) is 2. The van der Waals surface area contributed by atoms with Crippen molar-refractivity contribution in [3.05, 3.63) is 23.2 Å². The molecule has 1 heterocycles. The molecular weight excluding hydrogens is 264 g/mol. The Balaban J connectivity index is 2.66. The Hall–Kier alpha value is -2.02. The molecule has 3 atom stereocenters. The number of hydrogen-bond donors (Lipinski definition) is 4. The number of hydrogen-bond acceptors (Lipinski definition) is 4. The number of carboxylic acid groups (broad SMARTS) is 1. The van der Waals surface area contributed by atoms with Crippen LogP contribution in [0.5, 0.6) is 0 Å². The van der Waals surface area contributed by atoms with Crippen molar-refractivity contribution in [2.24, 2.45) is 0 Å². The molecular formula is C13H20N2O5. The summed E-state index contributed by atoms with van der Waals surface area (Å²) in [5, 5.41) is 23.0. The van der Waals surface area contributed by atoms with E-state index in [4.69, 9.17) is 9.52 Å². The lowest BCUT2D eigenvalue weighted by molar-refractivity contribution is -0.141. The van der Waals surface area contributed by atoms with Crippen LogP contribution >= 0.6 is 0 Å². The first-order valence-electron chi connectivity index (χ1n) is 6.27. The summed E-state index contributed by atoms with van der Waals surface area (Å²) < 4.78 is 5.37. The number of urea groups is 1. The maximum absolute atomic E-state index is 11.7. The third-order valence-electron chi connectivity index (χ3n) is 2.93. The van der Waals surface area contributed by atoms with Crippen LogP contribution in [0.1, 0.15) is 37.0 Å². The van der Waals surface area contributed by atoms with Crippen molar-refractivity contribution < 1.29 is 24.2 Å². The van der Waals surface area contributed by atoms with Gasteiger partial charge in [-0.25, -0.2) is 9.59 Å². The van der Waals surface area contributed by atoms with Gasteiger partial charge in [0.2, 0.25) is 0 Å². The van der Waals surface area contributed by atoms with Crippen LogP contribution in [0.25, 0.3) is 0 Å². The number of aliphatic hydroxyl groups excluding tert-OH is 1. The number of furan rings is 1. The summed E-state index contributed by atoms with van der Waals surface area (Å²) in [6, 6.07) is -0.543. The minimum Gasteiger partial charge on any atom is -0.480 e. The topological polar surface area (TPSA) is 112 Å². The predicted molar refractivity (Wildman–Crippen MR) is 71.4 cm³/mol. The van der Waals surface area contributed by atoms with Crippen molar-refractivity contribution >= 4 is 12.0 Å². The molecule has 7 heteroatoms. The van der Waals surface area contributed by atoms with Gasteiger partial charge < -0.3 is 25.3 Å². The van der Waals surface area contributed by atoms with Gasteiger partial charge in [0.15, 0.2) is 6.04 Å². The van der Waals surface area contributed by atoms with E-state index in [1.54, 1.807) is 20.8 Å². The number of aliphatic carboxylic acids is 1. The van der Waals surface area contributed by atoms with Gasteiger partial charge in [0.25, 0.3) is 0 Å². The van der Waals surface area contributed by atoms with E-state index in [1.165, 1.54) is 6.92 Å². The van der Waals surface area contributed by atoms with Gasteiger partial charge in [0, 0.05) is 5.56 Å². The Bertz CT molecular complexity index is 495. The number of aliphatic hydroxyl groups is 1. The van der Waals surface area contributed by atoms with Crippen LogP contribution in [0.2, 0.25) is 0 Å². The number of carbonyl (C=O) groups is 2. The van der Waals surface area contributed by atoms with E-state index >= 15 is 0 Å². The molecule has 4 N–H and O–H groups in total. The second-order valence-corrected chi connectivity index (χ2v) is 4.76. The van der Waals surface area contributed by atoms with Gasteiger partial charge in [-0.15, -0.1) is 0 Å². The molecule has 2 amide bonds. The normalized spacial score (nSPS) is 15.2. The second-order valence-electron chi connectivity index (χ2n) is 4.76. The molecule has 1 rings (SSSR count). The summed E-state index contributed by atoms with van der Waals surface area (Å²) in [6.07, 6.45) is -1.19. The number of amides is 2. The van der Waals surface area contributed by atoms with Crippen LogP contribution in [-0.4, -0.2) is 34.4 Å². The first-order chi connectivity index (χ1) is 9.22. The molecule has 0 radical (unpaired) electrons. The highest BCUT2D eigenvalue weighted by Crippen LogP contribution is 2.20. The molecule has 0 spiro atoms. The fourth-order valence-electron chi connectivity index (χ4n) is 1.93.